The number of ketones is 1. The summed E-state index contributed by atoms with van der Waals surface area (Å²) >= 11 is 0. The SMILES string of the molecule is CCOC(=O)C(CCCC1CCSS1)NC(C)C(=O)C1CCCN1C(=O)O. The zero-order valence-electron chi connectivity index (χ0n) is 16.0. The standard InChI is InChI=1S/C18H30N2O5S2/c1-3-25-17(22)14(7-4-6-13-9-11-26-27-13)19-12(2)16(21)15-8-5-10-20(15)18(23)24/h12-15,19H,3-11H2,1-2H3,(H,23,24). The molecule has 0 aromatic carbocycles. The summed E-state index contributed by atoms with van der Waals surface area (Å²) in [5.41, 5.74) is 0. The maximum absolute atomic E-state index is 12.7. The lowest BCUT2D eigenvalue weighted by Crippen LogP contribution is -2.52. The second kappa shape index (κ2) is 11.2. The van der Waals surface area contributed by atoms with Gasteiger partial charge in [0.15, 0.2) is 5.78 Å². The minimum absolute atomic E-state index is 0.174. The fourth-order valence-electron chi connectivity index (χ4n) is 3.59. The number of nitrogens with zero attached hydrogens (tertiary/aromatic N) is 1. The fraction of sp³-hybridized carbons (Fsp3) is 0.833. The van der Waals surface area contributed by atoms with Gasteiger partial charge in [-0.3, -0.25) is 19.8 Å². The van der Waals surface area contributed by atoms with Crippen LogP contribution in [0, 0.1) is 0 Å². The number of likely N-dealkylation sites (tertiary alicyclic amines) is 1. The molecule has 154 valence electrons. The quantitative estimate of drug-likeness (QED) is 0.413. The van der Waals surface area contributed by atoms with Crippen LogP contribution in [-0.2, 0) is 14.3 Å². The maximum atomic E-state index is 12.7. The summed E-state index contributed by atoms with van der Waals surface area (Å²) in [6.07, 6.45) is 3.92. The van der Waals surface area contributed by atoms with Crippen molar-refractivity contribution in [1.82, 2.24) is 10.2 Å². The minimum atomic E-state index is -1.06. The van der Waals surface area contributed by atoms with E-state index in [1.165, 1.54) is 17.1 Å². The van der Waals surface area contributed by atoms with Crippen LogP contribution in [0.4, 0.5) is 4.79 Å². The highest BCUT2D eigenvalue weighted by Gasteiger charge is 2.37. The zero-order chi connectivity index (χ0) is 19.8. The Balaban J connectivity index is 1.90. The van der Waals surface area contributed by atoms with E-state index < -0.39 is 24.2 Å². The first kappa shape index (κ1) is 22.4. The van der Waals surface area contributed by atoms with Gasteiger partial charge in [-0.2, -0.15) is 0 Å². The summed E-state index contributed by atoms with van der Waals surface area (Å²) in [7, 11) is 3.81. The van der Waals surface area contributed by atoms with Crippen LogP contribution >= 0.6 is 21.6 Å². The lowest BCUT2D eigenvalue weighted by Gasteiger charge is -2.26. The smallest absolute Gasteiger partial charge is 0.407 e. The van der Waals surface area contributed by atoms with E-state index in [2.05, 4.69) is 5.32 Å². The number of hydrogen-bond acceptors (Lipinski definition) is 7. The molecule has 1 amide bonds. The molecule has 0 radical (unpaired) electrons. The number of hydrogen-bond donors (Lipinski definition) is 2. The van der Waals surface area contributed by atoms with Crippen LogP contribution in [0.15, 0.2) is 0 Å². The Morgan fingerprint density at radius 3 is 2.74 bits per heavy atom. The molecule has 2 aliphatic heterocycles. The van der Waals surface area contributed by atoms with Crippen molar-refractivity contribution in [3.8, 4) is 0 Å². The van der Waals surface area contributed by atoms with Gasteiger partial charge in [-0.25, -0.2) is 4.79 Å². The molecule has 2 saturated heterocycles. The molecule has 2 fully saturated rings. The van der Waals surface area contributed by atoms with Crippen molar-refractivity contribution in [1.29, 1.82) is 0 Å². The third-order valence-electron chi connectivity index (χ3n) is 5.02. The van der Waals surface area contributed by atoms with E-state index in [0.29, 0.717) is 37.7 Å². The Hall–Kier alpha value is -0.930. The summed E-state index contributed by atoms with van der Waals surface area (Å²) < 4.78 is 5.17. The molecule has 7 nitrogen and oxygen atoms in total. The third kappa shape index (κ3) is 6.57. The van der Waals surface area contributed by atoms with Gasteiger partial charge in [0.25, 0.3) is 0 Å². The molecule has 0 aromatic heterocycles. The fourth-order valence-corrected chi connectivity index (χ4v) is 6.62. The third-order valence-corrected chi connectivity index (χ3v) is 8.03. The normalized spacial score (nSPS) is 24.6. The molecule has 9 heteroatoms. The van der Waals surface area contributed by atoms with Crippen LogP contribution in [0.3, 0.4) is 0 Å². The molecule has 2 aliphatic rings. The number of esters is 1. The molecule has 27 heavy (non-hydrogen) atoms. The van der Waals surface area contributed by atoms with Gasteiger partial charge in [0.2, 0.25) is 0 Å². The Labute approximate surface area is 168 Å². The van der Waals surface area contributed by atoms with Crippen LogP contribution in [-0.4, -0.2) is 70.1 Å². The predicted octanol–water partition coefficient (Wildman–Crippen LogP) is 2.93. The van der Waals surface area contributed by atoms with E-state index in [9.17, 15) is 19.5 Å². The molecule has 4 atom stereocenters. The van der Waals surface area contributed by atoms with Crippen molar-refractivity contribution in [2.24, 2.45) is 0 Å². The number of ether oxygens (including phenoxy) is 1. The van der Waals surface area contributed by atoms with Crippen LogP contribution in [0.2, 0.25) is 0 Å². The van der Waals surface area contributed by atoms with Crippen LogP contribution in [0.1, 0.15) is 52.4 Å². The number of carbonyl (C=O) groups is 3. The number of amides is 1. The van der Waals surface area contributed by atoms with E-state index in [1.54, 1.807) is 13.8 Å². The van der Waals surface area contributed by atoms with Crippen molar-refractivity contribution in [3.05, 3.63) is 0 Å². The van der Waals surface area contributed by atoms with E-state index in [1.807, 2.05) is 21.6 Å². The molecule has 0 spiro atoms. The van der Waals surface area contributed by atoms with Gasteiger partial charge >= 0.3 is 12.1 Å². The predicted molar refractivity (Wildman–Crippen MR) is 108 cm³/mol. The molecule has 0 bridgehead atoms. The molecular formula is C18H30N2O5S2. The topological polar surface area (TPSA) is 95.9 Å². The van der Waals surface area contributed by atoms with Crippen LogP contribution in [0.5, 0.6) is 0 Å². The molecule has 4 unspecified atom stereocenters. The van der Waals surface area contributed by atoms with E-state index in [4.69, 9.17) is 4.74 Å². The van der Waals surface area contributed by atoms with E-state index in [-0.39, 0.29) is 11.8 Å². The molecular weight excluding hydrogens is 388 g/mol. The molecule has 0 aliphatic carbocycles. The number of nitrogens with one attached hydrogen (secondary N) is 1. The summed E-state index contributed by atoms with van der Waals surface area (Å²) in [4.78, 5) is 37.5. The van der Waals surface area contributed by atoms with E-state index >= 15 is 0 Å². The number of Topliss-reactive ketones (excluding diaryl/α,β-unsaturated/α-hetero) is 1. The molecule has 0 saturated carbocycles. The average molecular weight is 419 g/mol. The minimum Gasteiger partial charge on any atom is -0.465 e. The zero-order valence-corrected chi connectivity index (χ0v) is 17.7. The van der Waals surface area contributed by atoms with Crippen molar-refractivity contribution in [2.75, 3.05) is 18.9 Å². The Morgan fingerprint density at radius 1 is 1.33 bits per heavy atom. The molecule has 2 heterocycles. The van der Waals surface area contributed by atoms with Gasteiger partial charge in [-0.15, -0.1) is 0 Å². The Bertz CT molecular complexity index is 528. The average Bonchev–Trinajstić information content (AvgIpc) is 3.31. The van der Waals surface area contributed by atoms with Crippen molar-refractivity contribution in [2.45, 2.75) is 75.7 Å². The number of rotatable bonds is 10. The Morgan fingerprint density at radius 2 is 2.11 bits per heavy atom. The Kier molecular flexibility index (Phi) is 9.25. The lowest BCUT2D eigenvalue weighted by molar-refractivity contribution is -0.146. The maximum Gasteiger partial charge on any atom is 0.407 e. The summed E-state index contributed by atoms with van der Waals surface area (Å²) in [6.45, 7) is 4.15. The lowest BCUT2D eigenvalue weighted by atomic mass is 10.0. The van der Waals surface area contributed by atoms with Crippen molar-refractivity contribution >= 4 is 39.4 Å². The van der Waals surface area contributed by atoms with Gasteiger partial charge in [-0.05, 0) is 46.0 Å². The first-order valence-electron chi connectivity index (χ1n) is 9.68. The molecule has 2 rings (SSSR count). The highest BCUT2D eigenvalue weighted by molar-refractivity contribution is 8.77. The largest absolute Gasteiger partial charge is 0.465 e. The first-order chi connectivity index (χ1) is 12.9. The summed E-state index contributed by atoms with van der Waals surface area (Å²) in [6, 6.07) is -1.76. The molecule has 2 N–H and O–H groups in total. The second-order valence-corrected chi connectivity index (χ2v) is 9.78. The molecule has 0 aromatic rings. The summed E-state index contributed by atoms with van der Waals surface area (Å²) in [5, 5.41) is 13.0. The van der Waals surface area contributed by atoms with Gasteiger partial charge in [0, 0.05) is 17.5 Å². The van der Waals surface area contributed by atoms with Crippen molar-refractivity contribution in [3.63, 3.8) is 0 Å². The van der Waals surface area contributed by atoms with E-state index in [0.717, 1.165) is 12.8 Å². The number of carboxylic acid groups (broad SMARTS) is 1. The van der Waals surface area contributed by atoms with Gasteiger partial charge in [-0.1, -0.05) is 28.0 Å². The summed E-state index contributed by atoms with van der Waals surface area (Å²) in [5.74, 6) is 0.668. The van der Waals surface area contributed by atoms with Gasteiger partial charge in [0.05, 0.1) is 18.7 Å². The van der Waals surface area contributed by atoms with Crippen LogP contribution < -0.4 is 5.32 Å². The highest BCUT2D eigenvalue weighted by atomic mass is 33.1. The van der Waals surface area contributed by atoms with Crippen LogP contribution in [0.25, 0.3) is 0 Å². The first-order valence-corrected chi connectivity index (χ1v) is 12.1. The van der Waals surface area contributed by atoms with Crippen molar-refractivity contribution < 1.29 is 24.2 Å². The second-order valence-electron chi connectivity index (χ2n) is 6.99. The monoisotopic (exact) mass is 418 g/mol. The highest BCUT2D eigenvalue weighted by Crippen LogP contribution is 2.39. The van der Waals surface area contributed by atoms with Gasteiger partial charge in [0.1, 0.15) is 6.04 Å². The van der Waals surface area contributed by atoms with Gasteiger partial charge < -0.3 is 9.84 Å². The number of carbonyl (C=O) groups excluding carboxylic acids is 2.